The van der Waals surface area contributed by atoms with Gasteiger partial charge in [0.15, 0.2) is 10.8 Å². The molecule has 1 saturated carbocycles. The first-order valence-electron chi connectivity index (χ1n) is 9.04. The minimum absolute atomic E-state index is 0.0955. The summed E-state index contributed by atoms with van der Waals surface area (Å²) in [6, 6.07) is 6.35. The van der Waals surface area contributed by atoms with Crippen LogP contribution in [0.25, 0.3) is 0 Å². The zero-order chi connectivity index (χ0) is 19.1. The average molecular weight is 350 g/mol. The van der Waals surface area contributed by atoms with Gasteiger partial charge in [-0.15, -0.1) is 0 Å². The lowest BCUT2D eigenvalue weighted by atomic mass is 9.44. The smallest absolute Gasteiger partial charge is 0.215 e. The van der Waals surface area contributed by atoms with Gasteiger partial charge in [-0.2, -0.15) is 15.8 Å². The summed E-state index contributed by atoms with van der Waals surface area (Å²) < 4.78 is 11.9. The van der Waals surface area contributed by atoms with Gasteiger partial charge >= 0.3 is 0 Å². The molecule has 0 aromatic heterocycles. The van der Waals surface area contributed by atoms with Crippen LogP contribution in [0.5, 0.6) is 0 Å². The maximum atomic E-state index is 10.2. The third kappa shape index (κ3) is 1.49. The first kappa shape index (κ1) is 17.1. The zero-order valence-corrected chi connectivity index (χ0v) is 15.5. The van der Waals surface area contributed by atoms with Crippen molar-refractivity contribution in [3.05, 3.63) is 11.6 Å². The van der Waals surface area contributed by atoms with Crippen LogP contribution in [0.1, 0.15) is 40.5 Å². The first-order valence-corrected chi connectivity index (χ1v) is 9.04. The number of allylic oxidation sites excluding steroid dienone is 1. The topological polar surface area (TPSA) is 114 Å². The van der Waals surface area contributed by atoms with Crippen LogP contribution < -0.4 is 0 Å². The van der Waals surface area contributed by atoms with Crippen LogP contribution in [0.3, 0.4) is 0 Å². The number of fused-ring (bicyclic) bond motifs is 5. The van der Waals surface area contributed by atoms with Crippen LogP contribution in [0.15, 0.2) is 11.6 Å². The fourth-order valence-electron chi connectivity index (χ4n) is 5.66. The van der Waals surface area contributed by atoms with Crippen LogP contribution in [0.4, 0.5) is 0 Å². The highest BCUT2D eigenvalue weighted by atomic mass is 16.7. The summed E-state index contributed by atoms with van der Waals surface area (Å²) in [5.41, 5.74) is -2.39. The largest absolute Gasteiger partial charge is 0.448 e. The van der Waals surface area contributed by atoms with E-state index in [0.29, 0.717) is 5.92 Å². The highest BCUT2D eigenvalue weighted by Gasteiger charge is 2.79. The summed E-state index contributed by atoms with van der Waals surface area (Å²) in [4.78, 5) is 0. The lowest BCUT2D eigenvalue weighted by Gasteiger charge is -2.64. The van der Waals surface area contributed by atoms with Crippen molar-refractivity contribution in [2.75, 3.05) is 0 Å². The molecular formula is C20H22N4O2. The molecule has 4 bridgehead atoms. The molecule has 3 saturated heterocycles. The number of nitrogens with zero attached hydrogens (tertiary/aromatic N) is 3. The highest BCUT2D eigenvalue weighted by molar-refractivity contribution is 5.89. The molecule has 0 spiro atoms. The van der Waals surface area contributed by atoms with Gasteiger partial charge in [-0.3, -0.25) is 5.41 Å². The van der Waals surface area contributed by atoms with Crippen molar-refractivity contribution >= 4 is 5.90 Å². The van der Waals surface area contributed by atoms with Gasteiger partial charge in [0.05, 0.1) is 24.1 Å². The third-order valence-electron chi connectivity index (χ3n) is 7.81. The Hall–Kier alpha value is -2.36. The molecular weight excluding hydrogens is 328 g/mol. The van der Waals surface area contributed by atoms with E-state index in [0.717, 1.165) is 18.4 Å². The second-order valence-electron chi connectivity index (χ2n) is 8.86. The van der Waals surface area contributed by atoms with E-state index in [2.05, 4.69) is 38.1 Å². The predicted molar refractivity (Wildman–Crippen MR) is 91.0 cm³/mol. The molecule has 4 fully saturated rings. The first-order chi connectivity index (χ1) is 12.1. The van der Waals surface area contributed by atoms with E-state index in [1.54, 1.807) is 13.8 Å². The van der Waals surface area contributed by atoms with Gasteiger partial charge in [0.2, 0.25) is 11.7 Å². The van der Waals surface area contributed by atoms with E-state index in [1.165, 1.54) is 0 Å². The molecule has 3 aliphatic heterocycles. The molecule has 6 aliphatic rings. The summed E-state index contributed by atoms with van der Waals surface area (Å²) in [6.45, 7) is 7.79. The molecule has 0 radical (unpaired) electrons. The Morgan fingerprint density at radius 1 is 1.15 bits per heavy atom. The van der Waals surface area contributed by atoms with Crippen molar-refractivity contribution in [3.63, 3.8) is 0 Å². The van der Waals surface area contributed by atoms with Crippen molar-refractivity contribution in [3.8, 4) is 18.2 Å². The third-order valence-corrected chi connectivity index (χ3v) is 7.81. The molecule has 3 aliphatic carbocycles. The molecule has 134 valence electrons. The van der Waals surface area contributed by atoms with E-state index in [1.807, 2.05) is 0 Å². The van der Waals surface area contributed by atoms with E-state index >= 15 is 0 Å². The minimum Gasteiger partial charge on any atom is -0.448 e. The van der Waals surface area contributed by atoms with Crippen molar-refractivity contribution in [1.29, 1.82) is 21.2 Å². The number of ether oxygens (including phenoxy) is 2. The molecule has 0 unspecified atom stereocenters. The van der Waals surface area contributed by atoms with Crippen LogP contribution in [0.2, 0.25) is 0 Å². The predicted octanol–water partition coefficient (Wildman–Crippen LogP) is 3.28. The zero-order valence-electron chi connectivity index (χ0n) is 15.5. The van der Waals surface area contributed by atoms with Gasteiger partial charge in [-0.1, -0.05) is 26.8 Å². The molecule has 0 amide bonds. The summed E-state index contributed by atoms with van der Waals surface area (Å²) in [5.74, 6) is -1.42. The molecule has 1 N–H and O–H groups in total. The summed E-state index contributed by atoms with van der Waals surface area (Å²) >= 11 is 0. The van der Waals surface area contributed by atoms with Crippen LogP contribution in [0, 0.1) is 73.4 Å². The van der Waals surface area contributed by atoms with Crippen LogP contribution in [-0.4, -0.2) is 17.8 Å². The van der Waals surface area contributed by atoms with Gasteiger partial charge in [0, 0.05) is 6.92 Å². The molecule has 6 nitrogen and oxygen atoms in total. The number of hydrogen-bond donors (Lipinski definition) is 1. The highest BCUT2D eigenvalue weighted by Crippen LogP contribution is 2.67. The quantitative estimate of drug-likeness (QED) is 0.729. The van der Waals surface area contributed by atoms with Crippen molar-refractivity contribution in [1.82, 2.24) is 0 Å². The molecule has 6 atom stereocenters. The number of rotatable bonds is 1. The molecule has 3 heterocycles. The Bertz CT molecular complexity index is 856. The van der Waals surface area contributed by atoms with Gasteiger partial charge in [-0.25, -0.2) is 0 Å². The fourth-order valence-corrected chi connectivity index (χ4v) is 5.66. The van der Waals surface area contributed by atoms with E-state index < -0.39 is 28.6 Å². The average Bonchev–Trinajstić information content (AvgIpc) is 2.63. The standard InChI is InChI=1S/C20H22N4O2/c1-11-18(4)25-15(13-6-5-12-7-14(13)17(12,2)3)20(10-23,16(24)26-18)19(11,8-21)9-22/h6,11-12,14-15,24H,5,7H2,1-4H3/t11-,12+,14-,15+,18+,20+/m0/s1. The second kappa shape index (κ2) is 4.67. The summed E-state index contributed by atoms with van der Waals surface area (Å²) in [6.07, 6.45) is 3.22. The Balaban J connectivity index is 1.94. The number of nitrogens with one attached hydrogen (secondary N) is 1. The number of hydrogen-bond acceptors (Lipinski definition) is 6. The fraction of sp³-hybridized carbons (Fsp3) is 0.700. The summed E-state index contributed by atoms with van der Waals surface area (Å²) in [7, 11) is 0. The molecule has 6 rings (SSSR count). The lowest BCUT2D eigenvalue weighted by molar-refractivity contribution is -0.329. The van der Waals surface area contributed by atoms with E-state index in [4.69, 9.17) is 14.9 Å². The Kier molecular flexibility index (Phi) is 3.07. The van der Waals surface area contributed by atoms with Gasteiger partial charge < -0.3 is 9.47 Å². The second-order valence-corrected chi connectivity index (χ2v) is 8.86. The van der Waals surface area contributed by atoms with Crippen molar-refractivity contribution < 1.29 is 9.47 Å². The van der Waals surface area contributed by atoms with Crippen LogP contribution >= 0.6 is 0 Å². The Labute approximate surface area is 153 Å². The summed E-state index contributed by atoms with van der Waals surface area (Å²) in [5, 5.41) is 38.7. The molecule has 0 aromatic rings. The SMILES string of the molecule is C[C@@H]1C(C#N)(C#N)[C@@]2(C#N)C(=N)O[C@@]1(C)O[C@@H]2C1=CC[C@@H]2C[C@@H]1C2(C)C. The van der Waals surface area contributed by atoms with Crippen molar-refractivity contribution in [2.45, 2.75) is 52.4 Å². The van der Waals surface area contributed by atoms with Crippen LogP contribution in [-0.2, 0) is 9.47 Å². The normalized spacial score (nSPS) is 46.7. The lowest BCUT2D eigenvalue weighted by Crippen LogP contribution is -2.75. The molecule has 0 aromatic carbocycles. The maximum Gasteiger partial charge on any atom is 0.215 e. The Morgan fingerprint density at radius 3 is 2.31 bits per heavy atom. The van der Waals surface area contributed by atoms with E-state index in [9.17, 15) is 15.8 Å². The minimum atomic E-state index is -1.75. The van der Waals surface area contributed by atoms with Gasteiger partial charge in [-0.05, 0) is 35.7 Å². The van der Waals surface area contributed by atoms with Gasteiger partial charge in [0.25, 0.3) is 0 Å². The van der Waals surface area contributed by atoms with E-state index in [-0.39, 0.29) is 17.2 Å². The number of nitriles is 3. The monoisotopic (exact) mass is 350 g/mol. The van der Waals surface area contributed by atoms with Gasteiger partial charge in [0.1, 0.15) is 6.10 Å². The maximum absolute atomic E-state index is 10.2. The Morgan fingerprint density at radius 2 is 1.81 bits per heavy atom. The van der Waals surface area contributed by atoms with Crippen molar-refractivity contribution in [2.24, 2.45) is 34.0 Å². The molecule has 6 heteroatoms. The molecule has 26 heavy (non-hydrogen) atoms.